The van der Waals surface area contributed by atoms with E-state index in [2.05, 4.69) is 5.32 Å². The first kappa shape index (κ1) is 21.3. The Balaban J connectivity index is 1.33. The lowest BCUT2D eigenvalue weighted by Gasteiger charge is -2.25. The van der Waals surface area contributed by atoms with Gasteiger partial charge in [0.05, 0.1) is 32.3 Å². The number of carbonyl (C=O) groups excluding carboxylic acids is 2. The number of benzene rings is 2. The Morgan fingerprint density at radius 2 is 1.71 bits per heavy atom. The molecule has 4 rings (SSSR count). The van der Waals surface area contributed by atoms with E-state index in [1.165, 1.54) is 4.90 Å². The fourth-order valence-corrected chi connectivity index (χ4v) is 3.77. The molecule has 2 aromatic rings. The lowest BCUT2D eigenvalue weighted by Crippen LogP contribution is -2.47. The first-order valence-corrected chi connectivity index (χ1v) is 10.0. The van der Waals surface area contributed by atoms with Crippen LogP contribution in [-0.4, -0.2) is 71.3 Å². The molecule has 0 unspecified atom stereocenters. The number of carbonyl (C=O) groups is 2. The zero-order valence-corrected chi connectivity index (χ0v) is 16.8. The van der Waals surface area contributed by atoms with Crippen LogP contribution in [0.15, 0.2) is 54.6 Å². The topological polar surface area (TPSA) is 118 Å². The number of nitrogens with one attached hydrogen (secondary N) is 1. The summed E-state index contributed by atoms with van der Waals surface area (Å²) in [4.78, 5) is 26.4. The molecule has 0 aromatic heterocycles. The summed E-state index contributed by atoms with van der Waals surface area (Å²) in [6.45, 7) is 0.559. The highest BCUT2D eigenvalue weighted by Gasteiger charge is 2.51. The fraction of sp³-hybridized carbons (Fsp3) is 0.364. The number of likely N-dealkylation sites (tertiary alicyclic amines) is 1. The smallest absolute Gasteiger partial charge is 0.251 e. The highest BCUT2D eigenvalue weighted by atomic mass is 16.7. The van der Waals surface area contributed by atoms with Crippen LogP contribution in [0.25, 0.3) is 0 Å². The number of aliphatic hydroxyl groups excluding tert-OH is 1. The molecule has 2 fully saturated rings. The Bertz CT molecular complexity index is 911. The van der Waals surface area contributed by atoms with Crippen molar-refractivity contribution in [3.8, 4) is 11.5 Å². The summed E-state index contributed by atoms with van der Waals surface area (Å²) >= 11 is 0. The Labute approximate surface area is 179 Å². The van der Waals surface area contributed by atoms with Crippen LogP contribution in [-0.2, 0) is 14.3 Å². The van der Waals surface area contributed by atoms with Gasteiger partial charge >= 0.3 is 0 Å². The molecule has 2 aliphatic rings. The largest absolute Gasteiger partial charge is 0.457 e. The van der Waals surface area contributed by atoms with Crippen LogP contribution in [0.1, 0.15) is 16.8 Å². The molecule has 0 aliphatic carbocycles. The van der Waals surface area contributed by atoms with Crippen LogP contribution < -0.4 is 10.1 Å². The molecule has 164 valence electrons. The molecule has 2 amide bonds. The first-order valence-electron chi connectivity index (χ1n) is 10.0. The van der Waals surface area contributed by atoms with E-state index >= 15 is 0 Å². The average molecular weight is 428 g/mol. The lowest BCUT2D eigenvalue weighted by molar-refractivity contribution is -0.152. The van der Waals surface area contributed by atoms with E-state index in [9.17, 15) is 19.8 Å². The van der Waals surface area contributed by atoms with E-state index < -0.39 is 29.9 Å². The van der Waals surface area contributed by atoms with Crippen LogP contribution >= 0.6 is 0 Å². The third-order valence-electron chi connectivity index (χ3n) is 5.31. The SMILES string of the molecule is O=C(NCC(=O)N1CC2(C[C@H]1C(O)O)OCCO2)c1ccc(Oc2ccccc2)cc1. The van der Waals surface area contributed by atoms with Crippen molar-refractivity contribution in [2.24, 2.45) is 0 Å². The van der Waals surface area contributed by atoms with Crippen molar-refractivity contribution in [1.29, 1.82) is 0 Å². The Hall–Kier alpha value is -2.98. The van der Waals surface area contributed by atoms with Crippen LogP contribution in [0.5, 0.6) is 11.5 Å². The van der Waals surface area contributed by atoms with Gasteiger partial charge in [0.25, 0.3) is 5.91 Å². The maximum Gasteiger partial charge on any atom is 0.251 e. The zero-order chi connectivity index (χ0) is 21.8. The number of nitrogens with zero attached hydrogens (tertiary/aromatic N) is 1. The van der Waals surface area contributed by atoms with Crippen LogP contribution in [0.3, 0.4) is 0 Å². The fourth-order valence-electron chi connectivity index (χ4n) is 3.77. The number of hydrogen-bond acceptors (Lipinski definition) is 7. The van der Waals surface area contributed by atoms with E-state index in [4.69, 9.17) is 14.2 Å². The van der Waals surface area contributed by atoms with Crippen molar-refractivity contribution in [1.82, 2.24) is 10.2 Å². The third-order valence-corrected chi connectivity index (χ3v) is 5.31. The number of ether oxygens (including phenoxy) is 3. The first-order chi connectivity index (χ1) is 15.0. The van der Waals surface area contributed by atoms with Crippen LogP contribution in [0.4, 0.5) is 0 Å². The molecule has 2 aromatic carbocycles. The number of aliphatic hydroxyl groups is 2. The predicted molar refractivity (Wildman–Crippen MR) is 108 cm³/mol. The minimum atomic E-state index is -1.73. The van der Waals surface area contributed by atoms with Gasteiger partial charge in [-0.15, -0.1) is 0 Å². The monoisotopic (exact) mass is 428 g/mol. The van der Waals surface area contributed by atoms with Gasteiger partial charge < -0.3 is 34.6 Å². The van der Waals surface area contributed by atoms with Gasteiger partial charge in [-0.05, 0) is 36.4 Å². The summed E-state index contributed by atoms with van der Waals surface area (Å²) in [5.41, 5.74) is 0.368. The second kappa shape index (κ2) is 9.03. The Morgan fingerprint density at radius 3 is 2.35 bits per heavy atom. The van der Waals surface area contributed by atoms with Gasteiger partial charge in [-0.3, -0.25) is 9.59 Å². The highest BCUT2D eigenvalue weighted by Crippen LogP contribution is 2.35. The van der Waals surface area contributed by atoms with Crippen molar-refractivity contribution < 1.29 is 34.0 Å². The molecule has 0 saturated carbocycles. The quantitative estimate of drug-likeness (QED) is 0.584. The molecule has 0 bridgehead atoms. The molecule has 2 aliphatic heterocycles. The number of hydrogen-bond donors (Lipinski definition) is 3. The lowest BCUT2D eigenvalue weighted by atomic mass is 10.1. The summed E-state index contributed by atoms with van der Waals surface area (Å²) in [5, 5.41) is 21.9. The predicted octanol–water partition coefficient (Wildman–Crippen LogP) is 0.863. The molecule has 31 heavy (non-hydrogen) atoms. The van der Waals surface area contributed by atoms with Gasteiger partial charge in [-0.2, -0.15) is 0 Å². The van der Waals surface area contributed by atoms with Gasteiger partial charge in [-0.1, -0.05) is 18.2 Å². The van der Waals surface area contributed by atoms with Crippen molar-refractivity contribution in [3.05, 3.63) is 60.2 Å². The maximum absolute atomic E-state index is 12.7. The minimum Gasteiger partial charge on any atom is -0.457 e. The Kier molecular flexibility index (Phi) is 6.19. The number of amides is 2. The number of rotatable bonds is 6. The van der Waals surface area contributed by atoms with E-state index in [0.29, 0.717) is 30.3 Å². The minimum absolute atomic E-state index is 0.0789. The second-order valence-corrected chi connectivity index (χ2v) is 7.44. The summed E-state index contributed by atoms with van der Waals surface area (Å²) < 4.78 is 16.8. The zero-order valence-electron chi connectivity index (χ0n) is 16.8. The van der Waals surface area contributed by atoms with E-state index in [1.807, 2.05) is 30.3 Å². The molecule has 9 nitrogen and oxygen atoms in total. The van der Waals surface area contributed by atoms with Crippen LogP contribution in [0, 0.1) is 0 Å². The van der Waals surface area contributed by atoms with Gasteiger partial charge in [0.1, 0.15) is 11.5 Å². The molecule has 1 atom stereocenters. The van der Waals surface area contributed by atoms with Gasteiger partial charge in [0.2, 0.25) is 5.91 Å². The van der Waals surface area contributed by atoms with E-state index in [1.54, 1.807) is 24.3 Å². The second-order valence-electron chi connectivity index (χ2n) is 7.44. The molecule has 3 N–H and O–H groups in total. The summed E-state index contributed by atoms with van der Waals surface area (Å²) in [5.74, 6) is -0.626. The van der Waals surface area contributed by atoms with Gasteiger partial charge in [0, 0.05) is 12.0 Å². The summed E-state index contributed by atoms with van der Waals surface area (Å²) in [6, 6.07) is 14.9. The summed E-state index contributed by atoms with van der Waals surface area (Å²) in [6.07, 6.45) is -1.57. The summed E-state index contributed by atoms with van der Waals surface area (Å²) in [7, 11) is 0. The standard InChI is InChI=1S/C22H24N2O7/c25-19(24-14-22(29-10-11-30-22)12-18(24)21(27)28)13-23-20(26)15-6-8-17(9-7-15)31-16-4-2-1-3-5-16/h1-9,18,21,27-28H,10-14H2,(H,23,26)/t18-/m0/s1. The third kappa shape index (κ3) is 4.86. The average Bonchev–Trinajstić information content (AvgIpc) is 3.40. The maximum atomic E-state index is 12.7. The van der Waals surface area contributed by atoms with Crippen molar-refractivity contribution in [2.75, 3.05) is 26.3 Å². The van der Waals surface area contributed by atoms with Crippen molar-refractivity contribution in [3.63, 3.8) is 0 Å². The van der Waals surface area contributed by atoms with E-state index in [0.717, 1.165) is 0 Å². The highest BCUT2D eigenvalue weighted by molar-refractivity contribution is 5.96. The van der Waals surface area contributed by atoms with Gasteiger partial charge in [-0.25, -0.2) is 0 Å². The molecule has 2 heterocycles. The molecule has 9 heteroatoms. The van der Waals surface area contributed by atoms with Crippen LogP contribution in [0.2, 0.25) is 0 Å². The van der Waals surface area contributed by atoms with Gasteiger partial charge in [0.15, 0.2) is 12.1 Å². The van der Waals surface area contributed by atoms with Crippen molar-refractivity contribution in [2.45, 2.75) is 24.5 Å². The number of para-hydroxylation sites is 1. The van der Waals surface area contributed by atoms with E-state index in [-0.39, 0.29) is 19.5 Å². The van der Waals surface area contributed by atoms with Crippen molar-refractivity contribution >= 4 is 11.8 Å². The molecular weight excluding hydrogens is 404 g/mol. The molecule has 0 radical (unpaired) electrons. The Morgan fingerprint density at radius 1 is 1.06 bits per heavy atom. The molecule has 2 saturated heterocycles. The molecular formula is C22H24N2O7. The normalized spacial score (nSPS) is 19.7. The molecule has 1 spiro atoms.